The molecule has 0 saturated carbocycles. The third-order valence-corrected chi connectivity index (χ3v) is 13.8. The number of hydrogen-bond acceptors (Lipinski definition) is 2. The molecule has 0 radical (unpaired) electrons. The van der Waals surface area contributed by atoms with Gasteiger partial charge in [-0.15, -0.1) is 0 Å². The minimum absolute atomic E-state index is 0.0358. The Labute approximate surface area is 371 Å². The van der Waals surface area contributed by atoms with Crippen LogP contribution in [0.15, 0.2) is 212 Å². The van der Waals surface area contributed by atoms with Crippen LogP contribution in [-0.4, -0.2) is 14.5 Å². The summed E-state index contributed by atoms with van der Waals surface area (Å²) >= 11 is 0. The standard InChI is InChI=1S/C61H41N3/c1-61(2)54-25-15-14-24-47(54)51-33-43(27-30-55(51)61)42-26-29-46-44-22-12-13-23-45(44)50-36-58-53(35-49(50)48(46)32-42)52-34-41(38-16-6-3-7-17-38)28-31-57(52)64(58)59-37-56(39-18-8-4-9-19-39)62-60(63-59)40-20-10-5-11-21-40/h3-37H,1-2H3. The van der Waals surface area contributed by atoms with Gasteiger partial charge >= 0.3 is 0 Å². The molecule has 64 heavy (non-hydrogen) atoms. The highest BCUT2D eigenvalue weighted by Crippen LogP contribution is 2.50. The van der Waals surface area contributed by atoms with Crippen molar-refractivity contribution < 1.29 is 0 Å². The van der Waals surface area contributed by atoms with Crippen molar-refractivity contribution in [3.8, 4) is 61.8 Å². The fourth-order valence-corrected chi connectivity index (χ4v) is 10.6. The van der Waals surface area contributed by atoms with Crippen molar-refractivity contribution in [1.29, 1.82) is 0 Å². The van der Waals surface area contributed by atoms with Gasteiger partial charge in [-0.3, -0.25) is 4.57 Å². The summed E-state index contributed by atoms with van der Waals surface area (Å²) in [6.45, 7) is 4.70. The lowest BCUT2D eigenvalue weighted by Gasteiger charge is -2.21. The molecule has 0 unspecified atom stereocenters. The van der Waals surface area contributed by atoms with Crippen LogP contribution in [0.4, 0.5) is 0 Å². The highest BCUT2D eigenvalue weighted by Gasteiger charge is 2.35. The lowest BCUT2D eigenvalue weighted by atomic mass is 9.82. The zero-order chi connectivity index (χ0) is 42.5. The van der Waals surface area contributed by atoms with E-state index < -0.39 is 0 Å². The summed E-state index contributed by atoms with van der Waals surface area (Å²) in [5.41, 5.74) is 15.3. The first-order valence-corrected chi connectivity index (χ1v) is 22.1. The van der Waals surface area contributed by atoms with Crippen LogP contribution >= 0.6 is 0 Å². The average molecular weight is 816 g/mol. The Morgan fingerprint density at radius 3 is 1.64 bits per heavy atom. The number of aromatic nitrogens is 3. The van der Waals surface area contributed by atoms with Crippen molar-refractivity contribution >= 4 is 54.1 Å². The van der Waals surface area contributed by atoms with Crippen LogP contribution in [0.5, 0.6) is 0 Å². The molecular formula is C61H41N3. The van der Waals surface area contributed by atoms with Crippen LogP contribution in [0.2, 0.25) is 0 Å². The largest absolute Gasteiger partial charge is 0.294 e. The van der Waals surface area contributed by atoms with Crippen molar-refractivity contribution in [2.45, 2.75) is 19.3 Å². The van der Waals surface area contributed by atoms with Gasteiger partial charge in [-0.2, -0.15) is 0 Å². The molecule has 3 heteroatoms. The maximum Gasteiger partial charge on any atom is 0.162 e. The van der Waals surface area contributed by atoms with E-state index in [4.69, 9.17) is 9.97 Å². The van der Waals surface area contributed by atoms with Gasteiger partial charge in [0.15, 0.2) is 5.82 Å². The van der Waals surface area contributed by atoms with Crippen LogP contribution < -0.4 is 0 Å². The van der Waals surface area contributed by atoms with E-state index in [0.717, 1.165) is 33.7 Å². The van der Waals surface area contributed by atoms with Gasteiger partial charge in [0.1, 0.15) is 5.82 Å². The van der Waals surface area contributed by atoms with Gasteiger partial charge in [0.2, 0.25) is 0 Å². The summed E-state index contributed by atoms with van der Waals surface area (Å²) in [5, 5.41) is 9.78. The first kappa shape index (κ1) is 36.5. The van der Waals surface area contributed by atoms with Gasteiger partial charge in [0, 0.05) is 33.4 Å². The normalized spacial score (nSPS) is 13.0. The molecule has 2 aromatic heterocycles. The molecule has 0 aliphatic heterocycles. The van der Waals surface area contributed by atoms with Gasteiger partial charge in [-0.05, 0) is 113 Å². The fraction of sp³-hybridized carbons (Fsp3) is 0.0492. The Hall–Kier alpha value is -8.14. The zero-order valence-electron chi connectivity index (χ0n) is 35.5. The predicted molar refractivity (Wildman–Crippen MR) is 268 cm³/mol. The van der Waals surface area contributed by atoms with Crippen molar-refractivity contribution in [1.82, 2.24) is 14.5 Å². The SMILES string of the molecule is CC1(C)c2ccccc2-c2cc(-c3ccc4c5ccccc5c5cc6c(cc5c4c3)c3cc(-c4ccccc4)ccc3n6-c3cc(-c4ccccc4)nc(-c4ccccc4)n3)ccc21. The minimum atomic E-state index is -0.0358. The van der Waals surface area contributed by atoms with Gasteiger partial charge in [-0.25, -0.2) is 9.97 Å². The molecule has 1 aliphatic carbocycles. The molecule has 0 saturated heterocycles. The zero-order valence-corrected chi connectivity index (χ0v) is 35.5. The van der Waals surface area contributed by atoms with E-state index in [1.165, 1.54) is 87.6 Å². The third kappa shape index (κ3) is 5.54. The van der Waals surface area contributed by atoms with E-state index >= 15 is 0 Å². The maximum atomic E-state index is 5.39. The molecule has 300 valence electrons. The second-order valence-electron chi connectivity index (χ2n) is 17.8. The molecule has 0 N–H and O–H groups in total. The molecule has 10 aromatic carbocycles. The Bertz CT molecular complexity index is 3790. The molecule has 0 fully saturated rings. The van der Waals surface area contributed by atoms with Gasteiger partial charge in [0.05, 0.1) is 16.7 Å². The maximum absolute atomic E-state index is 5.39. The van der Waals surface area contributed by atoms with E-state index in [2.05, 4.69) is 225 Å². The van der Waals surface area contributed by atoms with Gasteiger partial charge in [-0.1, -0.05) is 184 Å². The number of hydrogen-bond donors (Lipinski definition) is 0. The van der Waals surface area contributed by atoms with Crippen LogP contribution in [-0.2, 0) is 5.41 Å². The molecular weight excluding hydrogens is 775 g/mol. The Morgan fingerprint density at radius 1 is 0.328 bits per heavy atom. The molecule has 0 amide bonds. The molecule has 1 aliphatic rings. The van der Waals surface area contributed by atoms with Crippen LogP contribution in [0.25, 0.3) is 116 Å². The van der Waals surface area contributed by atoms with E-state index in [-0.39, 0.29) is 5.41 Å². The van der Waals surface area contributed by atoms with Crippen molar-refractivity contribution in [3.05, 3.63) is 223 Å². The molecule has 2 heterocycles. The lowest BCUT2D eigenvalue weighted by Crippen LogP contribution is -2.14. The smallest absolute Gasteiger partial charge is 0.162 e. The molecule has 13 rings (SSSR count). The highest BCUT2D eigenvalue weighted by atomic mass is 15.1. The fourth-order valence-electron chi connectivity index (χ4n) is 10.6. The quantitative estimate of drug-likeness (QED) is 0.162. The van der Waals surface area contributed by atoms with E-state index in [1.807, 2.05) is 6.07 Å². The van der Waals surface area contributed by atoms with E-state index in [1.54, 1.807) is 0 Å². The third-order valence-electron chi connectivity index (χ3n) is 13.8. The summed E-state index contributed by atoms with van der Waals surface area (Å²) < 4.78 is 2.36. The number of rotatable bonds is 5. The number of nitrogens with zero attached hydrogens (tertiary/aromatic N) is 3. The Balaban J connectivity index is 1.11. The topological polar surface area (TPSA) is 30.7 Å². The average Bonchev–Trinajstić information content (AvgIpc) is 3.80. The van der Waals surface area contributed by atoms with Gasteiger partial charge < -0.3 is 0 Å². The van der Waals surface area contributed by atoms with E-state index in [0.29, 0.717) is 5.82 Å². The summed E-state index contributed by atoms with van der Waals surface area (Å²) in [6.07, 6.45) is 0. The molecule has 0 bridgehead atoms. The van der Waals surface area contributed by atoms with Crippen LogP contribution in [0, 0.1) is 0 Å². The highest BCUT2D eigenvalue weighted by molar-refractivity contribution is 6.29. The second kappa shape index (κ2) is 13.9. The first-order chi connectivity index (χ1) is 31.5. The Kier molecular flexibility index (Phi) is 7.95. The van der Waals surface area contributed by atoms with Crippen LogP contribution in [0.1, 0.15) is 25.0 Å². The number of fused-ring (bicyclic) bond motifs is 12. The Morgan fingerprint density at radius 2 is 0.859 bits per heavy atom. The van der Waals surface area contributed by atoms with Gasteiger partial charge in [0.25, 0.3) is 0 Å². The van der Waals surface area contributed by atoms with Crippen molar-refractivity contribution in [2.75, 3.05) is 0 Å². The lowest BCUT2D eigenvalue weighted by molar-refractivity contribution is 0.660. The molecule has 3 nitrogen and oxygen atoms in total. The first-order valence-electron chi connectivity index (χ1n) is 22.1. The summed E-state index contributed by atoms with van der Waals surface area (Å²) in [6, 6.07) is 77.3. The summed E-state index contributed by atoms with van der Waals surface area (Å²) in [5.74, 6) is 1.52. The van der Waals surface area contributed by atoms with Crippen molar-refractivity contribution in [2.24, 2.45) is 0 Å². The predicted octanol–water partition coefficient (Wildman–Crippen LogP) is 16.0. The van der Waals surface area contributed by atoms with Crippen LogP contribution in [0.3, 0.4) is 0 Å². The van der Waals surface area contributed by atoms with E-state index in [9.17, 15) is 0 Å². The number of benzene rings is 10. The molecule has 0 atom stereocenters. The molecule has 0 spiro atoms. The minimum Gasteiger partial charge on any atom is -0.294 e. The molecule has 12 aromatic rings. The summed E-state index contributed by atoms with van der Waals surface area (Å²) in [4.78, 5) is 10.6. The van der Waals surface area contributed by atoms with Crippen molar-refractivity contribution in [3.63, 3.8) is 0 Å². The monoisotopic (exact) mass is 815 g/mol. The summed E-state index contributed by atoms with van der Waals surface area (Å²) in [7, 11) is 0. The second-order valence-corrected chi connectivity index (χ2v) is 17.8.